The molecule has 0 spiro atoms. The second kappa shape index (κ2) is 6.99. The number of hydrogen-bond acceptors (Lipinski definition) is 3. The van der Waals surface area contributed by atoms with Crippen molar-refractivity contribution in [1.29, 1.82) is 0 Å². The van der Waals surface area contributed by atoms with Crippen LogP contribution in [0.1, 0.15) is 19.5 Å². The molecule has 0 saturated carbocycles. The van der Waals surface area contributed by atoms with Crippen molar-refractivity contribution in [2.45, 2.75) is 33.0 Å². The monoisotopic (exact) mass is 290 g/mol. The van der Waals surface area contributed by atoms with Crippen molar-refractivity contribution in [3.05, 3.63) is 48.3 Å². The number of carbonyl (C=O) groups excluding carboxylic acids is 1. The number of imidazole rings is 1. The first-order valence-electron chi connectivity index (χ1n) is 6.82. The van der Waals surface area contributed by atoms with Gasteiger partial charge in [0.2, 0.25) is 5.91 Å². The van der Waals surface area contributed by atoms with E-state index in [1.807, 2.05) is 6.20 Å². The lowest BCUT2D eigenvalue weighted by atomic mass is 10.3. The average molecular weight is 290 g/mol. The van der Waals surface area contributed by atoms with Gasteiger partial charge < -0.3 is 15.2 Å². The minimum atomic E-state index is -0.329. The third-order valence-electron chi connectivity index (χ3n) is 2.83. The summed E-state index contributed by atoms with van der Waals surface area (Å²) in [5.74, 6) is -0.507. The Morgan fingerprint density at radius 1 is 1.33 bits per heavy atom. The fraction of sp³-hybridized carbons (Fsp3) is 0.333. The zero-order chi connectivity index (χ0) is 15.2. The van der Waals surface area contributed by atoms with E-state index in [1.165, 1.54) is 24.3 Å². The van der Waals surface area contributed by atoms with Crippen LogP contribution in [0.15, 0.2) is 36.8 Å². The lowest BCUT2D eigenvalue weighted by molar-refractivity contribution is -0.116. The molecule has 0 aliphatic rings. The number of aromatic nitrogens is 2. The summed E-state index contributed by atoms with van der Waals surface area (Å²) in [4.78, 5) is 16.1. The van der Waals surface area contributed by atoms with Crippen LogP contribution < -0.4 is 10.6 Å². The zero-order valence-electron chi connectivity index (χ0n) is 12.1. The molecule has 1 amide bonds. The van der Waals surface area contributed by atoms with Gasteiger partial charge in [0.05, 0.1) is 12.0 Å². The maximum atomic E-state index is 12.8. The number of hydrogen-bond donors (Lipinski definition) is 2. The van der Waals surface area contributed by atoms with Gasteiger partial charge in [0.1, 0.15) is 12.4 Å². The number of anilines is 1. The van der Waals surface area contributed by atoms with E-state index in [0.717, 1.165) is 5.69 Å². The summed E-state index contributed by atoms with van der Waals surface area (Å²) in [6, 6.07) is 6.06. The molecule has 1 aromatic carbocycles. The molecule has 2 rings (SSSR count). The van der Waals surface area contributed by atoms with E-state index < -0.39 is 0 Å². The van der Waals surface area contributed by atoms with Crippen molar-refractivity contribution in [3.8, 4) is 0 Å². The molecule has 0 fully saturated rings. The van der Waals surface area contributed by atoms with E-state index >= 15 is 0 Å². The summed E-state index contributed by atoms with van der Waals surface area (Å²) < 4.78 is 14.5. The Morgan fingerprint density at radius 3 is 2.71 bits per heavy atom. The van der Waals surface area contributed by atoms with Crippen LogP contribution in [0.5, 0.6) is 0 Å². The normalized spacial score (nSPS) is 10.9. The van der Waals surface area contributed by atoms with Crippen molar-refractivity contribution in [2.24, 2.45) is 0 Å². The van der Waals surface area contributed by atoms with E-state index in [1.54, 1.807) is 10.9 Å². The molecule has 1 aromatic heterocycles. The smallest absolute Gasteiger partial charge is 0.244 e. The fourth-order valence-electron chi connectivity index (χ4n) is 1.79. The number of halogens is 1. The van der Waals surface area contributed by atoms with Crippen molar-refractivity contribution >= 4 is 11.6 Å². The summed E-state index contributed by atoms with van der Waals surface area (Å²) >= 11 is 0. The van der Waals surface area contributed by atoms with Gasteiger partial charge in [-0.15, -0.1) is 0 Å². The van der Waals surface area contributed by atoms with Gasteiger partial charge in [-0.25, -0.2) is 9.37 Å². The van der Waals surface area contributed by atoms with Crippen LogP contribution in [-0.2, 0) is 17.9 Å². The number of carbonyl (C=O) groups is 1. The largest absolute Gasteiger partial charge is 0.328 e. The zero-order valence-corrected chi connectivity index (χ0v) is 12.1. The lowest BCUT2D eigenvalue weighted by Gasteiger charge is -2.06. The summed E-state index contributed by atoms with van der Waals surface area (Å²) in [5, 5.41) is 5.97. The van der Waals surface area contributed by atoms with E-state index in [0.29, 0.717) is 18.3 Å². The van der Waals surface area contributed by atoms with Crippen LogP contribution in [0, 0.1) is 5.82 Å². The summed E-state index contributed by atoms with van der Waals surface area (Å²) in [7, 11) is 0. The molecule has 112 valence electrons. The predicted octanol–water partition coefficient (Wildman–Crippen LogP) is 2.16. The quantitative estimate of drug-likeness (QED) is 0.857. The fourth-order valence-corrected chi connectivity index (χ4v) is 1.79. The number of amides is 1. The van der Waals surface area contributed by atoms with Crippen molar-refractivity contribution in [2.75, 3.05) is 5.32 Å². The van der Waals surface area contributed by atoms with Gasteiger partial charge in [0, 0.05) is 24.5 Å². The van der Waals surface area contributed by atoms with Gasteiger partial charge in [-0.3, -0.25) is 4.79 Å². The highest BCUT2D eigenvalue weighted by molar-refractivity contribution is 5.90. The highest BCUT2D eigenvalue weighted by Gasteiger charge is 2.05. The summed E-state index contributed by atoms with van der Waals surface area (Å²) in [6.45, 7) is 4.97. The molecule has 2 aromatic rings. The predicted molar refractivity (Wildman–Crippen MR) is 79.2 cm³/mol. The Morgan fingerprint density at radius 2 is 2.05 bits per heavy atom. The molecule has 0 atom stereocenters. The highest BCUT2D eigenvalue weighted by atomic mass is 19.1. The topological polar surface area (TPSA) is 59.0 Å². The van der Waals surface area contributed by atoms with Crippen molar-refractivity contribution < 1.29 is 9.18 Å². The third-order valence-corrected chi connectivity index (χ3v) is 2.83. The number of nitrogens with one attached hydrogen (secondary N) is 2. The van der Waals surface area contributed by atoms with Crippen LogP contribution in [-0.4, -0.2) is 21.5 Å². The van der Waals surface area contributed by atoms with Gasteiger partial charge >= 0.3 is 0 Å². The molecule has 2 N–H and O–H groups in total. The second-order valence-electron chi connectivity index (χ2n) is 5.13. The lowest BCUT2D eigenvalue weighted by Crippen LogP contribution is -2.22. The summed E-state index contributed by atoms with van der Waals surface area (Å²) in [6.07, 6.45) is 3.46. The van der Waals surface area contributed by atoms with Crippen LogP contribution in [0.2, 0.25) is 0 Å². The van der Waals surface area contributed by atoms with Gasteiger partial charge in [0.15, 0.2) is 0 Å². The molecule has 5 nitrogen and oxygen atoms in total. The van der Waals surface area contributed by atoms with Crippen LogP contribution in [0.3, 0.4) is 0 Å². The Balaban J connectivity index is 1.86. The highest BCUT2D eigenvalue weighted by Crippen LogP contribution is 2.08. The van der Waals surface area contributed by atoms with Crippen molar-refractivity contribution in [3.63, 3.8) is 0 Å². The summed E-state index contributed by atoms with van der Waals surface area (Å²) in [5.41, 5.74) is 1.46. The average Bonchev–Trinajstić information content (AvgIpc) is 2.86. The third kappa shape index (κ3) is 5.00. The minimum Gasteiger partial charge on any atom is -0.328 e. The van der Waals surface area contributed by atoms with Gasteiger partial charge in [-0.1, -0.05) is 13.8 Å². The molecule has 0 bridgehead atoms. The van der Waals surface area contributed by atoms with E-state index in [4.69, 9.17) is 0 Å². The number of rotatable bonds is 6. The molecular weight excluding hydrogens is 271 g/mol. The van der Waals surface area contributed by atoms with Crippen LogP contribution >= 0.6 is 0 Å². The minimum absolute atomic E-state index is 0.173. The molecule has 0 aliphatic carbocycles. The number of nitrogens with zero attached hydrogens (tertiary/aromatic N) is 2. The Hall–Kier alpha value is -2.21. The molecule has 0 unspecified atom stereocenters. The SMILES string of the molecule is CC(C)NCc1cn(CC(=O)Nc2ccc(F)cc2)cn1. The van der Waals surface area contributed by atoms with Gasteiger partial charge in [-0.2, -0.15) is 0 Å². The first kappa shape index (κ1) is 15.2. The Kier molecular flexibility index (Phi) is 5.05. The van der Waals surface area contributed by atoms with Crippen LogP contribution in [0.4, 0.5) is 10.1 Å². The van der Waals surface area contributed by atoms with E-state index in [2.05, 4.69) is 29.5 Å². The standard InChI is InChI=1S/C15H19FN4O/c1-11(2)17-7-14-8-20(10-18-14)9-15(21)19-13-5-3-12(16)4-6-13/h3-6,8,10-11,17H,7,9H2,1-2H3,(H,19,21). The van der Waals surface area contributed by atoms with E-state index in [-0.39, 0.29) is 18.3 Å². The number of benzene rings is 1. The first-order chi connectivity index (χ1) is 10.0. The molecular formula is C15H19FN4O. The Labute approximate surface area is 123 Å². The molecule has 21 heavy (non-hydrogen) atoms. The molecule has 0 saturated heterocycles. The van der Waals surface area contributed by atoms with E-state index in [9.17, 15) is 9.18 Å². The second-order valence-corrected chi connectivity index (χ2v) is 5.13. The Bertz CT molecular complexity index is 592. The first-order valence-corrected chi connectivity index (χ1v) is 6.82. The van der Waals surface area contributed by atoms with Gasteiger partial charge in [0.25, 0.3) is 0 Å². The van der Waals surface area contributed by atoms with Gasteiger partial charge in [-0.05, 0) is 24.3 Å². The molecule has 1 heterocycles. The molecule has 6 heteroatoms. The molecule has 0 radical (unpaired) electrons. The van der Waals surface area contributed by atoms with Crippen molar-refractivity contribution in [1.82, 2.24) is 14.9 Å². The molecule has 0 aliphatic heterocycles. The maximum Gasteiger partial charge on any atom is 0.244 e. The maximum absolute atomic E-state index is 12.8. The van der Waals surface area contributed by atoms with Crippen LogP contribution in [0.25, 0.3) is 0 Å².